The summed E-state index contributed by atoms with van der Waals surface area (Å²) >= 11 is 1.76. The summed E-state index contributed by atoms with van der Waals surface area (Å²) in [6, 6.07) is 0.218. The van der Waals surface area contributed by atoms with Crippen molar-refractivity contribution in [3.8, 4) is 0 Å². The first-order valence-electron chi connectivity index (χ1n) is 5.30. The van der Waals surface area contributed by atoms with Gasteiger partial charge in [-0.3, -0.25) is 0 Å². The minimum Gasteiger partial charge on any atom is -0.377 e. The van der Waals surface area contributed by atoms with Gasteiger partial charge >= 0.3 is 6.03 Å². The molecule has 4 nitrogen and oxygen atoms in total. The highest BCUT2D eigenvalue weighted by atomic mass is 32.2. The fraction of sp³-hybridized carbons (Fsp3) is 0.900. The van der Waals surface area contributed by atoms with Gasteiger partial charge in [0.25, 0.3) is 0 Å². The standard InChI is InChI=1S/C10H20N2O2S/c1-8-7-14-5-4-12(8)10(13)11-6-9(2)15-3/h8-9H,4-7H2,1-3H3,(H,11,13). The molecule has 15 heavy (non-hydrogen) atoms. The van der Waals surface area contributed by atoms with Crippen LogP contribution < -0.4 is 5.32 Å². The van der Waals surface area contributed by atoms with E-state index in [1.807, 2.05) is 18.1 Å². The quantitative estimate of drug-likeness (QED) is 0.794. The van der Waals surface area contributed by atoms with Gasteiger partial charge in [-0.15, -0.1) is 0 Å². The summed E-state index contributed by atoms with van der Waals surface area (Å²) in [7, 11) is 0. The van der Waals surface area contributed by atoms with Crippen LogP contribution >= 0.6 is 11.8 Å². The summed E-state index contributed by atoms with van der Waals surface area (Å²) in [6.45, 7) is 6.83. The monoisotopic (exact) mass is 232 g/mol. The smallest absolute Gasteiger partial charge is 0.317 e. The Kier molecular flexibility index (Phi) is 5.25. The number of amides is 2. The molecule has 2 unspecified atom stereocenters. The van der Waals surface area contributed by atoms with Crippen LogP contribution in [-0.4, -0.2) is 54.8 Å². The molecule has 0 aliphatic carbocycles. The zero-order valence-electron chi connectivity index (χ0n) is 9.66. The van der Waals surface area contributed by atoms with Crippen LogP contribution in [0.5, 0.6) is 0 Å². The van der Waals surface area contributed by atoms with Crippen LogP contribution in [0.2, 0.25) is 0 Å². The molecule has 2 atom stereocenters. The molecule has 0 aromatic carbocycles. The van der Waals surface area contributed by atoms with E-state index in [1.165, 1.54) is 0 Å². The van der Waals surface area contributed by atoms with E-state index in [0.29, 0.717) is 25.0 Å². The number of carbonyl (C=O) groups excluding carboxylic acids is 1. The highest BCUT2D eigenvalue weighted by Gasteiger charge is 2.23. The summed E-state index contributed by atoms with van der Waals surface area (Å²) in [5, 5.41) is 3.41. The Morgan fingerprint density at radius 3 is 3.07 bits per heavy atom. The zero-order valence-corrected chi connectivity index (χ0v) is 10.5. The molecule has 88 valence electrons. The highest BCUT2D eigenvalue weighted by molar-refractivity contribution is 7.99. The first-order valence-corrected chi connectivity index (χ1v) is 6.59. The maximum Gasteiger partial charge on any atom is 0.317 e. The second-order valence-corrected chi connectivity index (χ2v) is 5.13. The van der Waals surface area contributed by atoms with E-state index in [0.717, 1.165) is 6.54 Å². The Bertz CT molecular complexity index is 214. The van der Waals surface area contributed by atoms with Gasteiger partial charge in [-0.2, -0.15) is 11.8 Å². The molecule has 0 radical (unpaired) electrons. The van der Waals surface area contributed by atoms with Gasteiger partial charge in [0.15, 0.2) is 0 Å². The lowest BCUT2D eigenvalue weighted by atomic mass is 10.3. The Morgan fingerprint density at radius 1 is 1.73 bits per heavy atom. The predicted molar refractivity (Wildman–Crippen MR) is 63.4 cm³/mol. The summed E-state index contributed by atoms with van der Waals surface area (Å²) in [5.41, 5.74) is 0. The number of carbonyl (C=O) groups is 1. The maximum absolute atomic E-state index is 11.8. The van der Waals surface area contributed by atoms with Crippen molar-refractivity contribution in [1.29, 1.82) is 0 Å². The van der Waals surface area contributed by atoms with Crippen molar-refractivity contribution >= 4 is 17.8 Å². The van der Waals surface area contributed by atoms with Crippen LogP contribution in [0, 0.1) is 0 Å². The summed E-state index contributed by atoms with van der Waals surface area (Å²) < 4.78 is 5.28. The molecule has 0 bridgehead atoms. The van der Waals surface area contributed by atoms with E-state index >= 15 is 0 Å². The molecule has 1 saturated heterocycles. The topological polar surface area (TPSA) is 41.6 Å². The molecule has 1 heterocycles. The number of thioether (sulfide) groups is 1. The Morgan fingerprint density at radius 2 is 2.47 bits per heavy atom. The molecule has 1 rings (SSSR count). The van der Waals surface area contributed by atoms with Gasteiger partial charge in [-0.1, -0.05) is 6.92 Å². The Hall–Kier alpha value is -0.420. The predicted octanol–water partition coefficient (Wildman–Crippen LogP) is 1.17. The molecule has 1 aliphatic rings. The fourth-order valence-electron chi connectivity index (χ4n) is 1.44. The van der Waals surface area contributed by atoms with Crippen molar-refractivity contribution in [3.63, 3.8) is 0 Å². The van der Waals surface area contributed by atoms with E-state index in [2.05, 4.69) is 12.2 Å². The normalized spacial score (nSPS) is 23.7. The summed E-state index contributed by atoms with van der Waals surface area (Å²) in [5.74, 6) is 0. The highest BCUT2D eigenvalue weighted by Crippen LogP contribution is 2.07. The first-order chi connectivity index (χ1) is 7.15. The van der Waals surface area contributed by atoms with E-state index in [1.54, 1.807) is 11.8 Å². The van der Waals surface area contributed by atoms with Crippen LogP contribution in [0.25, 0.3) is 0 Å². The Labute approximate surface area is 95.7 Å². The molecule has 5 heteroatoms. The van der Waals surface area contributed by atoms with Crippen LogP contribution in [0.4, 0.5) is 4.79 Å². The molecule has 0 saturated carbocycles. The van der Waals surface area contributed by atoms with Gasteiger partial charge < -0.3 is 15.0 Å². The lowest BCUT2D eigenvalue weighted by Gasteiger charge is -2.33. The molecule has 2 amide bonds. The SMILES string of the molecule is CSC(C)CNC(=O)N1CCOCC1C. The number of nitrogens with one attached hydrogen (secondary N) is 1. The lowest BCUT2D eigenvalue weighted by molar-refractivity contribution is 0.0191. The van der Waals surface area contributed by atoms with Crippen LogP contribution in [0.15, 0.2) is 0 Å². The van der Waals surface area contributed by atoms with Crippen molar-refractivity contribution in [1.82, 2.24) is 10.2 Å². The molecule has 0 spiro atoms. The van der Waals surface area contributed by atoms with Crippen molar-refractivity contribution in [2.24, 2.45) is 0 Å². The van der Waals surface area contributed by atoms with Crippen molar-refractivity contribution in [2.75, 3.05) is 32.6 Å². The zero-order chi connectivity index (χ0) is 11.3. The number of morpholine rings is 1. The van der Waals surface area contributed by atoms with E-state index < -0.39 is 0 Å². The van der Waals surface area contributed by atoms with Gasteiger partial charge in [-0.05, 0) is 13.2 Å². The average Bonchev–Trinajstić information content (AvgIpc) is 2.26. The van der Waals surface area contributed by atoms with Gasteiger partial charge in [0.2, 0.25) is 0 Å². The third-order valence-corrected chi connectivity index (χ3v) is 3.54. The molecule has 1 fully saturated rings. The number of nitrogens with zero attached hydrogens (tertiary/aromatic N) is 1. The van der Waals surface area contributed by atoms with E-state index in [-0.39, 0.29) is 12.1 Å². The number of urea groups is 1. The summed E-state index contributed by atoms with van der Waals surface area (Å²) in [4.78, 5) is 13.6. The number of ether oxygens (including phenoxy) is 1. The first kappa shape index (κ1) is 12.6. The fourth-order valence-corrected chi connectivity index (χ4v) is 1.69. The largest absolute Gasteiger partial charge is 0.377 e. The van der Waals surface area contributed by atoms with Gasteiger partial charge in [0.05, 0.1) is 19.3 Å². The van der Waals surface area contributed by atoms with Crippen molar-refractivity contribution in [3.05, 3.63) is 0 Å². The molecular weight excluding hydrogens is 212 g/mol. The third-order valence-electron chi connectivity index (χ3n) is 2.57. The van der Waals surface area contributed by atoms with E-state index in [4.69, 9.17) is 4.74 Å². The number of hydrogen-bond acceptors (Lipinski definition) is 3. The van der Waals surface area contributed by atoms with Crippen molar-refractivity contribution in [2.45, 2.75) is 25.1 Å². The molecule has 0 aromatic rings. The van der Waals surface area contributed by atoms with Gasteiger partial charge in [0, 0.05) is 18.3 Å². The minimum atomic E-state index is 0.0340. The number of hydrogen-bond donors (Lipinski definition) is 1. The van der Waals surface area contributed by atoms with Crippen LogP contribution in [0.3, 0.4) is 0 Å². The lowest BCUT2D eigenvalue weighted by Crippen LogP contribution is -2.52. The van der Waals surface area contributed by atoms with Crippen LogP contribution in [0.1, 0.15) is 13.8 Å². The summed E-state index contributed by atoms with van der Waals surface area (Å²) in [6.07, 6.45) is 2.05. The average molecular weight is 232 g/mol. The molecule has 0 aromatic heterocycles. The second kappa shape index (κ2) is 6.23. The van der Waals surface area contributed by atoms with Gasteiger partial charge in [0.1, 0.15) is 0 Å². The van der Waals surface area contributed by atoms with Gasteiger partial charge in [-0.25, -0.2) is 4.79 Å². The third kappa shape index (κ3) is 3.91. The minimum absolute atomic E-state index is 0.0340. The maximum atomic E-state index is 11.8. The van der Waals surface area contributed by atoms with Crippen LogP contribution in [-0.2, 0) is 4.74 Å². The van der Waals surface area contributed by atoms with Crippen molar-refractivity contribution < 1.29 is 9.53 Å². The molecule has 1 N–H and O–H groups in total. The Balaban J connectivity index is 2.32. The van der Waals surface area contributed by atoms with E-state index in [9.17, 15) is 4.79 Å². The number of rotatable bonds is 3. The molecular formula is C10H20N2O2S. The second-order valence-electron chi connectivity index (χ2n) is 3.85. The molecule has 1 aliphatic heterocycles.